The van der Waals surface area contributed by atoms with Gasteiger partial charge in [0, 0.05) is 18.8 Å². The van der Waals surface area contributed by atoms with Crippen molar-refractivity contribution in [3.63, 3.8) is 0 Å². The topological polar surface area (TPSA) is 67.2 Å². The Morgan fingerprint density at radius 3 is 2.90 bits per heavy atom. The van der Waals surface area contributed by atoms with Crippen LogP contribution in [0.3, 0.4) is 0 Å². The average Bonchev–Trinajstić information content (AvgIpc) is 2.85. The summed E-state index contributed by atoms with van der Waals surface area (Å²) in [4.78, 5) is 12.1. The van der Waals surface area contributed by atoms with Crippen molar-refractivity contribution in [2.45, 2.75) is 45.3 Å². The fourth-order valence-electron chi connectivity index (χ4n) is 2.11. The number of aliphatic hydroxyl groups is 1. The molecule has 1 amide bonds. The SMILES string of the molecule is CC(C)CCn1ccc(NC(=O)C2(O)CCSCC2)n1. The fourth-order valence-corrected chi connectivity index (χ4v) is 3.28. The van der Waals surface area contributed by atoms with Gasteiger partial charge in [0.2, 0.25) is 0 Å². The van der Waals surface area contributed by atoms with Crippen LogP contribution in [0, 0.1) is 5.92 Å². The summed E-state index contributed by atoms with van der Waals surface area (Å²) in [6.07, 6.45) is 3.93. The molecule has 112 valence electrons. The second-order valence-electron chi connectivity index (χ2n) is 5.74. The second kappa shape index (κ2) is 6.63. The van der Waals surface area contributed by atoms with Crippen LogP contribution in [0.2, 0.25) is 0 Å². The van der Waals surface area contributed by atoms with Crippen LogP contribution in [0.15, 0.2) is 12.3 Å². The number of aromatic nitrogens is 2. The smallest absolute Gasteiger partial charge is 0.257 e. The number of amides is 1. The van der Waals surface area contributed by atoms with E-state index in [1.807, 2.05) is 10.9 Å². The van der Waals surface area contributed by atoms with Crippen LogP contribution in [-0.2, 0) is 11.3 Å². The van der Waals surface area contributed by atoms with Gasteiger partial charge in [-0.25, -0.2) is 0 Å². The van der Waals surface area contributed by atoms with Crippen LogP contribution in [0.5, 0.6) is 0 Å². The first-order valence-corrected chi connectivity index (χ1v) is 8.30. The van der Waals surface area contributed by atoms with Gasteiger partial charge in [0.05, 0.1) is 0 Å². The average molecular weight is 297 g/mol. The number of carbonyl (C=O) groups excluding carboxylic acids is 1. The molecule has 6 heteroatoms. The predicted molar refractivity (Wildman–Crippen MR) is 81.8 cm³/mol. The molecule has 2 heterocycles. The van der Waals surface area contributed by atoms with Gasteiger partial charge in [0.15, 0.2) is 5.82 Å². The third-order valence-electron chi connectivity index (χ3n) is 3.56. The monoisotopic (exact) mass is 297 g/mol. The molecular weight excluding hydrogens is 274 g/mol. The van der Waals surface area contributed by atoms with Crippen molar-refractivity contribution in [1.82, 2.24) is 9.78 Å². The van der Waals surface area contributed by atoms with E-state index in [4.69, 9.17) is 0 Å². The first-order chi connectivity index (χ1) is 9.49. The van der Waals surface area contributed by atoms with Crippen molar-refractivity contribution in [3.8, 4) is 0 Å². The van der Waals surface area contributed by atoms with E-state index < -0.39 is 5.60 Å². The van der Waals surface area contributed by atoms with Crippen LogP contribution in [0.1, 0.15) is 33.1 Å². The Kier molecular flexibility index (Phi) is 5.10. The maximum Gasteiger partial charge on any atom is 0.257 e. The lowest BCUT2D eigenvalue weighted by atomic mass is 9.96. The van der Waals surface area contributed by atoms with E-state index in [9.17, 15) is 9.90 Å². The van der Waals surface area contributed by atoms with E-state index in [1.54, 1.807) is 17.8 Å². The second-order valence-corrected chi connectivity index (χ2v) is 6.97. The summed E-state index contributed by atoms with van der Waals surface area (Å²) in [7, 11) is 0. The van der Waals surface area contributed by atoms with Gasteiger partial charge < -0.3 is 10.4 Å². The highest BCUT2D eigenvalue weighted by Crippen LogP contribution is 2.27. The van der Waals surface area contributed by atoms with Gasteiger partial charge >= 0.3 is 0 Å². The normalized spacial score (nSPS) is 18.2. The van der Waals surface area contributed by atoms with Gasteiger partial charge in [-0.05, 0) is 36.7 Å². The molecule has 1 fully saturated rings. The standard InChI is InChI=1S/C14H23N3O2S/c1-11(2)3-7-17-8-4-12(16-17)15-13(18)14(19)5-9-20-10-6-14/h4,8,11,19H,3,5-7,9-10H2,1-2H3,(H,15,16,18). The zero-order valence-corrected chi connectivity index (χ0v) is 12.9. The van der Waals surface area contributed by atoms with E-state index >= 15 is 0 Å². The molecule has 0 unspecified atom stereocenters. The summed E-state index contributed by atoms with van der Waals surface area (Å²) >= 11 is 1.77. The van der Waals surface area contributed by atoms with E-state index in [2.05, 4.69) is 24.3 Å². The molecular formula is C14H23N3O2S. The van der Waals surface area contributed by atoms with Crippen molar-refractivity contribution >= 4 is 23.5 Å². The number of anilines is 1. The number of rotatable bonds is 5. The maximum absolute atomic E-state index is 12.1. The number of carbonyl (C=O) groups is 1. The summed E-state index contributed by atoms with van der Waals surface area (Å²) in [5, 5.41) is 17.4. The highest BCUT2D eigenvalue weighted by atomic mass is 32.2. The van der Waals surface area contributed by atoms with Gasteiger partial charge in [0.25, 0.3) is 5.91 Å². The molecule has 0 aromatic carbocycles. The molecule has 0 spiro atoms. The minimum Gasteiger partial charge on any atom is -0.380 e. The van der Waals surface area contributed by atoms with Gasteiger partial charge in [-0.2, -0.15) is 16.9 Å². The molecule has 0 atom stereocenters. The number of nitrogens with zero attached hydrogens (tertiary/aromatic N) is 2. The molecule has 5 nitrogen and oxygen atoms in total. The summed E-state index contributed by atoms with van der Waals surface area (Å²) in [6, 6.07) is 1.78. The van der Waals surface area contributed by atoms with Crippen molar-refractivity contribution < 1.29 is 9.90 Å². The first kappa shape index (κ1) is 15.4. The molecule has 2 rings (SSSR count). The molecule has 1 aromatic heterocycles. The lowest BCUT2D eigenvalue weighted by Gasteiger charge is -2.29. The van der Waals surface area contributed by atoms with Crippen LogP contribution in [-0.4, -0.2) is 37.9 Å². The molecule has 1 aromatic rings. The van der Waals surface area contributed by atoms with Crippen molar-refractivity contribution in [2.24, 2.45) is 5.92 Å². The summed E-state index contributed by atoms with van der Waals surface area (Å²) in [5.41, 5.74) is -1.23. The van der Waals surface area contributed by atoms with E-state index in [-0.39, 0.29) is 5.91 Å². The molecule has 1 saturated heterocycles. The van der Waals surface area contributed by atoms with Crippen LogP contribution in [0.25, 0.3) is 0 Å². The van der Waals surface area contributed by atoms with E-state index in [0.29, 0.717) is 24.6 Å². The Balaban J connectivity index is 1.91. The number of hydrogen-bond donors (Lipinski definition) is 2. The molecule has 0 bridgehead atoms. The van der Waals surface area contributed by atoms with Crippen molar-refractivity contribution in [3.05, 3.63) is 12.3 Å². The minimum atomic E-state index is -1.23. The zero-order valence-electron chi connectivity index (χ0n) is 12.1. The van der Waals surface area contributed by atoms with Gasteiger partial charge in [0.1, 0.15) is 5.60 Å². The van der Waals surface area contributed by atoms with Gasteiger partial charge in [-0.3, -0.25) is 9.48 Å². The Labute approximate surface area is 124 Å². The molecule has 1 aliphatic rings. The van der Waals surface area contributed by atoms with Gasteiger partial charge in [-0.1, -0.05) is 13.8 Å². The van der Waals surface area contributed by atoms with E-state index in [0.717, 1.165) is 24.5 Å². The lowest BCUT2D eigenvalue weighted by molar-refractivity contribution is -0.134. The number of thioether (sulfide) groups is 1. The van der Waals surface area contributed by atoms with Crippen molar-refractivity contribution in [1.29, 1.82) is 0 Å². The Bertz CT molecular complexity index is 453. The Morgan fingerprint density at radius 1 is 1.55 bits per heavy atom. The zero-order chi connectivity index (χ0) is 14.6. The molecule has 0 saturated carbocycles. The van der Waals surface area contributed by atoms with Crippen molar-refractivity contribution in [2.75, 3.05) is 16.8 Å². The minimum absolute atomic E-state index is 0.327. The summed E-state index contributed by atoms with van der Waals surface area (Å²) in [6.45, 7) is 5.18. The molecule has 2 N–H and O–H groups in total. The number of aryl methyl sites for hydroxylation is 1. The largest absolute Gasteiger partial charge is 0.380 e. The summed E-state index contributed by atoms with van der Waals surface area (Å²) < 4.78 is 1.83. The Morgan fingerprint density at radius 2 is 2.25 bits per heavy atom. The third-order valence-corrected chi connectivity index (χ3v) is 4.55. The third kappa shape index (κ3) is 3.99. The number of nitrogens with one attached hydrogen (secondary N) is 1. The van der Waals surface area contributed by atoms with Crippen LogP contribution < -0.4 is 5.32 Å². The lowest BCUT2D eigenvalue weighted by Crippen LogP contribution is -2.45. The van der Waals surface area contributed by atoms with Crippen LogP contribution in [0.4, 0.5) is 5.82 Å². The quantitative estimate of drug-likeness (QED) is 0.873. The van der Waals surface area contributed by atoms with Gasteiger partial charge in [-0.15, -0.1) is 0 Å². The number of hydrogen-bond acceptors (Lipinski definition) is 4. The molecule has 1 aliphatic heterocycles. The highest BCUT2D eigenvalue weighted by Gasteiger charge is 2.37. The van der Waals surface area contributed by atoms with E-state index in [1.165, 1.54) is 0 Å². The highest BCUT2D eigenvalue weighted by molar-refractivity contribution is 7.99. The molecule has 20 heavy (non-hydrogen) atoms. The first-order valence-electron chi connectivity index (χ1n) is 7.15. The molecule has 0 aliphatic carbocycles. The predicted octanol–water partition coefficient (Wildman–Crippen LogP) is 2.13. The molecule has 0 radical (unpaired) electrons. The van der Waals surface area contributed by atoms with Crippen LogP contribution >= 0.6 is 11.8 Å². The maximum atomic E-state index is 12.1. The summed E-state index contributed by atoms with van der Waals surface area (Å²) in [5.74, 6) is 2.47. The fraction of sp³-hybridized carbons (Fsp3) is 0.714. The Hall–Kier alpha value is -1.01.